The first kappa shape index (κ1) is 16.7. The quantitative estimate of drug-likeness (QED) is 0.794. The normalized spacial score (nSPS) is 19.7. The first-order valence-electron chi connectivity index (χ1n) is 7.93. The van der Waals surface area contributed by atoms with Gasteiger partial charge in [-0.1, -0.05) is 12.1 Å². The van der Waals surface area contributed by atoms with Crippen LogP contribution in [0, 0.1) is 6.92 Å². The number of amides is 1. The van der Waals surface area contributed by atoms with E-state index in [2.05, 4.69) is 45.2 Å². The molecule has 0 aliphatic carbocycles. The molecule has 1 aromatic heterocycles. The van der Waals surface area contributed by atoms with Gasteiger partial charge >= 0.3 is 0 Å². The molecule has 23 heavy (non-hydrogen) atoms. The summed E-state index contributed by atoms with van der Waals surface area (Å²) in [5, 5.41) is 3.04. The van der Waals surface area contributed by atoms with Gasteiger partial charge in [-0.2, -0.15) is 0 Å². The predicted molar refractivity (Wildman–Crippen MR) is 100.0 cm³/mol. The van der Waals surface area contributed by atoms with Crippen molar-refractivity contribution in [1.29, 1.82) is 0 Å². The molecule has 1 fully saturated rings. The van der Waals surface area contributed by atoms with Gasteiger partial charge in [0, 0.05) is 20.3 Å². The highest BCUT2D eigenvalue weighted by molar-refractivity contribution is 9.10. The van der Waals surface area contributed by atoms with Crippen LogP contribution in [0.3, 0.4) is 0 Å². The maximum Gasteiger partial charge on any atom is 0.241 e. The molecule has 1 N–H and O–H groups in total. The summed E-state index contributed by atoms with van der Waals surface area (Å²) in [5.41, 5.74) is 0.826. The van der Waals surface area contributed by atoms with Crippen molar-refractivity contribution in [2.45, 2.75) is 38.8 Å². The minimum Gasteiger partial charge on any atom is -0.324 e. The summed E-state index contributed by atoms with van der Waals surface area (Å²) in [4.78, 5) is 17.7. The Labute approximate surface area is 149 Å². The molecule has 1 saturated heterocycles. The number of para-hydroxylation sites is 1. The monoisotopic (exact) mass is 392 g/mol. The van der Waals surface area contributed by atoms with Crippen molar-refractivity contribution in [3.05, 3.63) is 50.6 Å². The molecule has 5 heteroatoms. The summed E-state index contributed by atoms with van der Waals surface area (Å²) in [7, 11) is 0. The maximum atomic E-state index is 12.7. The Bertz CT molecular complexity index is 700. The molecule has 3 rings (SSSR count). The van der Waals surface area contributed by atoms with E-state index >= 15 is 0 Å². The molecule has 0 bridgehead atoms. The molecule has 1 aliphatic heterocycles. The van der Waals surface area contributed by atoms with Crippen molar-refractivity contribution in [3.8, 4) is 0 Å². The van der Waals surface area contributed by atoms with E-state index in [0.717, 1.165) is 29.5 Å². The molecular weight excluding hydrogens is 372 g/mol. The smallest absolute Gasteiger partial charge is 0.241 e. The summed E-state index contributed by atoms with van der Waals surface area (Å²) >= 11 is 5.33. The summed E-state index contributed by atoms with van der Waals surface area (Å²) < 4.78 is 0.910. The Morgan fingerprint density at radius 1 is 1.35 bits per heavy atom. The number of carbonyl (C=O) groups excluding carboxylic acids is 1. The Hall–Kier alpha value is -1.17. The van der Waals surface area contributed by atoms with E-state index in [1.165, 1.54) is 9.75 Å². The van der Waals surface area contributed by atoms with Crippen molar-refractivity contribution in [2.24, 2.45) is 0 Å². The number of aryl methyl sites for hydroxylation is 1. The van der Waals surface area contributed by atoms with Crippen LogP contribution < -0.4 is 5.32 Å². The Kier molecular flexibility index (Phi) is 5.19. The molecule has 1 amide bonds. The van der Waals surface area contributed by atoms with E-state index in [-0.39, 0.29) is 11.9 Å². The summed E-state index contributed by atoms with van der Waals surface area (Å²) in [6.45, 7) is 5.12. The molecule has 2 heterocycles. The number of hydrogen-bond donors (Lipinski definition) is 1. The number of halogens is 1. The van der Waals surface area contributed by atoms with Gasteiger partial charge in [0.15, 0.2) is 0 Å². The lowest BCUT2D eigenvalue weighted by molar-refractivity contribution is -0.121. The average molecular weight is 393 g/mol. The maximum absolute atomic E-state index is 12.7. The minimum absolute atomic E-state index is 0.0529. The molecule has 3 nitrogen and oxygen atoms in total. The van der Waals surface area contributed by atoms with Gasteiger partial charge in [0.25, 0.3) is 0 Å². The molecule has 2 aromatic rings. The van der Waals surface area contributed by atoms with Crippen LogP contribution >= 0.6 is 27.3 Å². The Morgan fingerprint density at radius 3 is 2.83 bits per heavy atom. The third-order valence-electron chi connectivity index (χ3n) is 4.39. The number of thiophene rings is 1. The molecule has 1 aromatic carbocycles. The average Bonchev–Trinajstić information content (AvgIpc) is 3.17. The highest BCUT2D eigenvalue weighted by Gasteiger charge is 2.33. The van der Waals surface area contributed by atoms with E-state index in [9.17, 15) is 4.79 Å². The largest absolute Gasteiger partial charge is 0.324 e. The summed E-state index contributed by atoms with van der Waals surface area (Å²) in [6.07, 6.45) is 2.28. The van der Waals surface area contributed by atoms with Gasteiger partial charge in [-0.25, -0.2) is 0 Å². The van der Waals surface area contributed by atoms with Crippen LogP contribution in [-0.4, -0.2) is 23.4 Å². The highest BCUT2D eigenvalue weighted by Crippen LogP contribution is 2.37. The van der Waals surface area contributed by atoms with Gasteiger partial charge in [-0.05, 0) is 73.4 Å². The van der Waals surface area contributed by atoms with E-state index in [1.54, 1.807) is 0 Å². The molecule has 0 radical (unpaired) electrons. The van der Waals surface area contributed by atoms with Gasteiger partial charge in [-0.15, -0.1) is 11.3 Å². The van der Waals surface area contributed by atoms with Gasteiger partial charge in [0.1, 0.15) is 0 Å². The Balaban J connectivity index is 1.72. The number of anilines is 1. The van der Waals surface area contributed by atoms with E-state index in [0.29, 0.717) is 6.04 Å². The van der Waals surface area contributed by atoms with Gasteiger partial charge < -0.3 is 5.32 Å². The topological polar surface area (TPSA) is 32.3 Å². The van der Waals surface area contributed by atoms with Crippen molar-refractivity contribution in [1.82, 2.24) is 4.90 Å². The van der Waals surface area contributed by atoms with Crippen LogP contribution in [0.2, 0.25) is 0 Å². The molecule has 0 saturated carbocycles. The highest BCUT2D eigenvalue weighted by atomic mass is 79.9. The summed E-state index contributed by atoms with van der Waals surface area (Å²) in [6, 6.07) is 12.3. The molecule has 2 atom stereocenters. The van der Waals surface area contributed by atoms with E-state index in [4.69, 9.17) is 0 Å². The summed E-state index contributed by atoms with van der Waals surface area (Å²) in [5.74, 6) is 0.0529. The number of carbonyl (C=O) groups is 1. The predicted octanol–water partition coefficient (Wildman–Crippen LogP) is 4.98. The lowest BCUT2D eigenvalue weighted by Gasteiger charge is -2.29. The van der Waals surface area contributed by atoms with Crippen LogP contribution in [0.1, 0.15) is 35.6 Å². The molecule has 1 aliphatic rings. The van der Waals surface area contributed by atoms with Gasteiger partial charge in [-0.3, -0.25) is 9.69 Å². The van der Waals surface area contributed by atoms with Crippen molar-refractivity contribution >= 4 is 38.9 Å². The first-order valence-corrected chi connectivity index (χ1v) is 9.54. The van der Waals surface area contributed by atoms with Gasteiger partial charge in [0.2, 0.25) is 5.91 Å². The van der Waals surface area contributed by atoms with Crippen LogP contribution in [0.4, 0.5) is 5.69 Å². The number of nitrogens with one attached hydrogen (secondary N) is 1. The molecular formula is C18H21BrN2OS. The second-order valence-corrected chi connectivity index (χ2v) is 8.16. The fourth-order valence-corrected chi connectivity index (χ4v) is 4.56. The standard InChI is InChI=1S/C18H21BrN2OS/c1-12-9-10-17(23-12)16-8-5-11-21(16)13(2)18(22)20-15-7-4-3-6-14(15)19/h3-4,6-7,9-10,13,16H,5,8,11H2,1-2H3,(H,20,22). The lowest BCUT2D eigenvalue weighted by atomic mass is 10.1. The van der Waals surface area contributed by atoms with Crippen molar-refractivity contribution in [2.75, 3.05) is 11.9 Å². The molecule has 122 valence electrons. The fourth-order valence-electron chi connectivity index (χ4n) is 3.14. The first-order chi connectivity index (χ1) is 11.1. The SMILES string of the molecule is Cc1ccc(C2CCCN2C(C)C(=O)Nc2ccccc2Br)s1. The zero-order valence-corrected chi connectivity index (χ0v) is 15.8. The second kappa shape index (κ2) is 7.16. The van der Waals surface area contributed by atoms with Crippen LogP contribution in [0.25, 0.3) is 0 Å². The number of likely N-dealkylation sites (tertiary alicyclic amines) is 1. The zero-order chi connectivity index (χ0) is 16.4. The number of benzene rings is 1. The number of hydrogen-bond acceptors (Lipinski definition) is 3. The van der Waals surface area contributed by atoms with E-state index in [1.807, 2.05) is 42.5 Å². The van der Waals surface area contributed by atoms with Gasteiger partial charge in [0.05, 0.1) is 11.7 Å². The van der Waals surface area contributed by atoms with Crippen molar-refractivity contribution < 1.29 is 4.79 Å². The second-order valence-electron chi connectivity index (χ2n) is 5.99. The minimum atomic E-state index is -0.142. The molecule has 0 spiro atoms. The van der Waals surface area contributed by atoms with Crippen LogP contribution in [0.15, 0.2) is 40.9 Å². The third-order valence-corrected chi connectivity index (χ3v) is 6.19. The molecule has 2 unspecified atom stereocenters. The Morgan fingerprint density at radius 2 is 2.13 bits per heavy atom. The van der Waals surface area contributed by atoms with Crippen LogP contribution in [-0.2, 0) is 4.79 Å². The lowest BCUT2D eigenvalue weighted by Crippen LogP contribution is -2.41. The van der Waals surface area contributed by atoms with E-state index < -0.39 is 0 Å². The number of rotatable bonds is 4. The number of nitrogens with zero attached hydrogens (tertiary/aromatic N) is 1. The fraction of sp³-hybridized carbons (Fsp3) is 0.389. The van der Waals surface area contributed by atoms with Crippen molar-refractivity contribution in [3.63, 3.8) is 0 Å². The third kappa shape index (κ3) is 3.67. The zero-order valence-electron chi connectivity index (χ0n) is 13.4. The van der Waals surface area contributed by atoms with Crippen LogP contribution in [0.5, 0.6) is 0 Å².